The molecule has 3 aromatic rings. The molecular formula is C22H30N6O2S. The number of para-hydroxylation sites is 2. The number of thioether (sulfide) groups is 1. The Morgan fingerprint density at radius 3 is 2.55 bits per heavy atom. The number of carbonyl (C=O) groups is 2. The second-order valence-corrected chi connectivity index (χ2v) is 9.20. The second-order valence-electron chi connectivity index (χ2n) is 8.26. The number of hydrogen-bond donors (Lipinski definition) is 1. The van der Waals surface area contributed by atoms with Gasteiger partial charge >= 0.3 is 0 Å². The number of hydrogen-bond acceptors (Lipinski definition) is 5. The first-order valence-corrected chi connectivity index (χ1v) is 12.0. The molecule has 0 unspecified atom stereocenters. The summed E-state index contributed by atoms with van der Waals surface area (Å²) in [6, 6.07) is 8.43. The summed E-state index contributed by atoms with van der Waals surface area (Å²) in [6.07, 6.45) is 4.16. The SMILES string of the molecule is CCCNC(=O)CSc1nnc2n(CC(=O)N3[C@@H](C)CCC[C@@H]3C)c3ccccc3n12. The Hall–Kier alpha value is -2.55. The number of nitrogens with one attached hydrogen (secondary N) is 1. The maximum absolute atomic E-state index is 13.3. The van der Waals surface area contributed by atoms with E-state index < -0.39 is 0 Å². The number of piperidine rings is 1. The Morgan fingerprint density at radius 2 is 1.84 bits per heavy atom. The average molecular weight is 443 g/mol. The van der Waals surface area contributed by atoms with E-state index in [9.17, 15) is 9.59 Å². The highest BCUT2D eigenvalue weighted by Gasteiger charge is 2.30. The van der Waals surface area contributed by atoms with Gasteiger partial charge in [0.15, 0.2) is 5.16 Å². The molecular weight excluding hydrogens is 412 g/mol. The minimum atomic E-state index is -0.0180. The maximum atomic E-state index is 13.3. The fourth-order valence-electron chi connectivity index (χ4n) is 4.46. The van der Waals surface area contributed by atoms with Crippen molar-refractivity contribution in [3.8, 4) is 0 Å². The van der Waals surface area contributed by atoms with Gasteiger partial charge in [-0.2, -0.15) is 0 Å². The lowest BCUT2D eigenvalue weighted by molar-refractivity contribution is -0.137. The number of imidazole rings is 1. The van der Waals surface area contributed by atoms with Gasteiger partial charge in [-0.05, 0) is 51.7 Å². The molecule has 2 atom stereocenters. The van der Waals surface area contributed by atoms with Gasteiger partial charge in [0.25, 0.3) is 0 Å². The van der Waals surface area contributed by atoms with Crippen LogP contribution in [-0.4, -0.2) is 60.3 Å². The zero-order chi connectivity index (χ0) is 22.0. The number of benzene rings is 1. The molecule has 1 aliphatic rings. The van der Waals surface area contributed by atoms with Crippen LogP contribution < -0.4 is 5.32 Å². The van der Waals surface area contributed by atoms with Gasteiger partial charge in [0, 0.05) is 18.6 Å². The molecule has 0 radical (unpaired) electrons. The number of aromatic nitrogens is 4. The van der Waals surface area contributed by atoms with Crippen molar-refractivity contribution in [2.75, 3.05) is 12.3 Å². The van der Waals surface area contributed by atoms with E-state index in [4.69, 9.17) is 0 Å². The van der Waals surface area contributed by atoms with Crippen molar-refractivity contribution >= 4 is 40.4 Å². The predicted molar refractivity (Wildman–Crippen MR) is 122 cm³/mol. The summed E-state index contributed by atoms with van der Waals surface area (Å²) in [5.74, 6) is 1.00. The minimum Gasteiger partial charge on any atom is -0.355 e. The Morgan fingerprint density at radius 1 is 1.13 bits per heavy atom. The Labute approximate surface area is 186 Å². The molecule has 1 aromatic carbocycles. The Kier molecular flexibility index (Phi) is 6.50. The van der Waals surface area contributed by atoms with Crippen LogP contribution in [0.15, 0.2) is 29.4 Å². The van der Waals surface area contributed by atoms with Gasteiger partial charge in [-0.3, -0.25) is 18.6 Å². The highest BCUT2D eigenvalue weighted by molar-refractivity contribution is 7.99. The number of fused-ring (bicyclic) bond motifs is 3. The van der Waals surface area contributed by atoms with Gasteiger partial charge in [-0.15, -0.1) is 10.2 Å². The van der Waals surface area contributed by atoms with Gasteiger partial charge in [0.05, 0.1) is 16.8 Å². The van der Waals surface area contributed by atoms with Gasteiger partial charge < -0.3 is 10.2 Å². The molecule has 0 saturated carbocycles. The van der Waals surface area contributed by atoms with E-state index in [0.717, 1.165) is 30.3 Å². The lowest BCUT2D eigenvalue weighted by atomic mass is 9.97. The highest BCUT2D eigenvalue weighted by atomic mass is 32.2. The largest absolute Gasteiger partial charge is 0.355 e. The zero-order valence-corrected chi connectivity index (χ0v) is 19.2. The average Bonchev–Trinajstić information content (AvgIpc) is 3.30. The van der Waals surface area contributed by atoms with E-state index in [2.05, 4.69) is 29.4 Å². The summed E-state index contributed by atoms with van der Waals surface area (Å²) < 4.78 is 3.89. The number of amides is 2. The molecule has 3 heterocycles. The summed E-state index contributed by atoms with van der Waals surface area (Å²) in [4.78, 5) is 27.4. The van der Waals surface area contributed by atoms with Crippen LogP contribution in [0.1, 0.15) is 46.5 Å². The standard InChI is InChI=1S/C22H30N6O2S/c1-4-12-23-19(29)14-31-22-25-24-21-26(17-10-5-6-11-18(17)28(21)22)13-20(30)27-15(2)8-7-9-16(27)3/h5-6,10-11,15-16H,4,7-9,12-14H2,1-3H3,(H,23,29)/t15-,16-/m0/s1. The summed E-state index contributed by atoms with van der Waals surface area (Å²) >= 11 is 1.36. The first-order chi connectivity index (χ1) is 15.0. The van der Waals surface area contributed by atoms with Crippen LogP contribution in [0.2, 0.25) is 0 Å². The van der Waals surface area contributed by atoms with Crippen LogP contribution >= 0.6 is 11.8 Å². The molecule has 0 bridgehead atoms. The zero-order valence-electron chi connectivity index (χ0n) is 18.4. The fraction of sp³-hybridized carbons (Fsp3) is 0.545. The lowest BCUT2D eigenvalue weighted by Gasteiger charge is -2.39. The highest BCUT2D eigenvalue weighted by Crippen LogP contribution is 2.27. The molecule has 9 heteroatoms. The first-order valence-electron chi connectivity index (χ1n) is 11.0. The lowest BCUT2D eigenvalue weighted by Crippen LogP contribution is -2.48. The second kappa shape index (κ2) is 9.30. The number of likely N-dealkylation sites (tertiary alicyclic amines) is 1. The molecule has 8 nitrogen and oxygen atoms in total. The molecule has 0 spiro atoms. The van der Waals surface area contributed by atoms with Crippen molar-refractivity contribution in [3.05, 3.63) is 24.3 Å². The molecule has 1 saturated heterocycles. The third-order valence-electron chi connectivity index (χ3n) is 5.95. The smallest absolute Gasteiger partial charge is 0.243 e. The minimum absolute atomic E-state index is 0.0180. The van der Waals surface area contributed by atoms with Crippen LogP contribution in [-0.2, 0) is 16.1 Å². The van der Waals surface area contributed by atoms with Crippen LogP contribution in [0.4, 0.5) is 0 Å². The molecule has 1 N–H and O–H groups in total. The van der Waals surface area contributed by atoms with Crippen molar-refractivity contribution in [1.29, 1.82) is 0 Å². The quantitative estimate of drug-likeness (QED) is 0.569. The molecule has 31 heavy (non-hydrogen) atoms. The van der Waals surface area contributed by atoms with Crippen molar-refractivity contribution in [1.82, 2.24) is 29.4 Å². The molecule has 2 amide bonds. The third kappa shape index (κ3) is 4.28. The monoisotopic (exact) mass is 442 g/mol. The number of nitrogens with zero attached hydrogens (tertiary/aromatic N) is 5. The molecule has 4 rings (SSSR count). The van der Waals surface area contributed by atoms with E-state index in [0.29, 0.717) is 17.5 Å². The summed E-state index contributed by atoms with van der Waals surface area (Å²) in [5.41, 5.74) is 1.88. The summed E-state index contributed by atoms with van der Waals surface area (Å²) in [7, 11) is 0. The van der Waals surface area contributed by atoms with Gasteiger partial charge in [0.1, 0.15) is 6.54 Å². The summed E-state index contributed by atoms with van der Waals surface area (Å²) in [6.45, 7) is 7.19. The topological polar surface area (TPSA) is 84.5 Å². The van der Waals surface area contributed by atoms with Crippen molar-refractivity contribution in [3.63, 3.8) is 0 Å². The van der Waals surface area contributed by atoms with Crippen LogP contribution in [0.5, 0.6) is 0 Å². The van der Waals surface area contributed by atoms with Gasteiger partial charge in [0.2, 0.25) is 17.6 Å². The molecule has 1 fully saturated rings. The van der Waals surface area contributed by atoms with Crippen molar-refractivity contribution in [2.45, 2.75) is 70.2 Å². The number of carbonyl (C=O) groups excluding carboxylic acids is 2. The van der Waals surface area contributed by atoms with E-state index >= 15 is 0 Å². The van der Waals surface area contributed by atoms with Gasteiger partial charge in [-0.1, -0.05) is 30.8 Å². The van der Waals surface area contributed by atoms with Crippen LogP contribution in [0.25, 0.3) is 16.8 Å². The van der Waals surface area contributed by atoms with Crippen LogP contribution in [0.3, 0.4) is 0 Å². The molecule has 1 aliphatic heterocycles. The van der Waals surface area contributed by atoms with Crippen molar-refractivity contribution < 1.29 is 9.59 Å². The Balaban J connectivity index is 1.64. The fourth-order valence-corrected chi connectivity index (χ4v) is 5.23. The predicted octanol–water partition coefficient (Wildman–Crippen LogP) is 3.09. The number of rotatable bonds is 7. The van der Waals surface area contributed by atoms with Gasteiger partial charge in [-0.25, -0.2) is 0 Å². The molecule has 2 aromatic heterocycles. The van der Waals surface area contributed by atoms with E-state index in [1.54, 1.807) is 0 Å². The molecule has 166 valence electrons. The van der Waals surface area contributed by atoms with Crippen molar-refractivity contribution in [2.24, 2.45) is 0 Å². The molecule has 0 aliphatic carbocycles. The van der Waals surface area contributed by atoms with E-state index in [1.165, 1.54) is 18.2 Å². The van der Waals surface area contributed by atoms with Crippen LogP contribution in [0, 0.1) is 0 Å². The van der Waals surface area contributed by atoms with E-state index in [1.807, 2.05) is 45.1 Å². The normalized spacial score (nSPS) is 19.3. The third-order valence-corrected chi connectivity index (χ3v) is 6.88. The summed E-state index contributed by atoms with van der Waals surface area (Å²) in [5, 5.41) is 12.2. The van der Waals surface area contributed by atoms with E-state index in [-0.39, 0.29) is 36.2 Å². The Bertz CT molecular complexity index is 1080. The maximum Gasteiger partial charge on any atom is 0.243 e. The first kappa shape index (κ1) is 21.7.